The third-order valence-electron chi connectivity index (χ3n) is 5.72. The molecule has 1 fully saturated rings. The van der Waals surface area contributed by atoms with Gasteiger partial charge in [0.15, 0.2) is 0 Å². The van der Waals surface area contributed by atoms with E-state index in [0.717, 1.165) is 44.7 Å². The first-order valence-corrected chi connectivity index (χ1v) is 11.7. The minimum Gasteiger partial charge on any atom is -0.368 e. The molecule has 0 radical (unpaired) electrons. The normalized spacial score (nSPS) is 15.4. The lowest BCUT2D eigenvalue weighted by Gasteiger charge is -2.26. The Morgan fingerprint density at radius 1 is 1.28 bits per heavy atom. The first-order valence-electron chi connectivity index (χ1n) is 10.9. The standard InChI is InChI=1S/C24H28N6OS/c1-4-18-19(16-25)24(32-21(22(26)31)17-10-7-6-8-11-17)28-23(20(18)27-3)30-13-9-12-29(5-2)14-15-30/h6-8,10-11,21H,4-5,9,12-15H2,1-2H3,(H2,26,31). The number of carbonyl (C=O) groups excluding carboxylic acids is 1. The van der Waals surface area contributed by atoms with Gasteiger partial charge in [0.05, 0.1) is 12.1 Å². The Morgan fingerprint density at radius 3 is 2.62 bits per heavy atom. The molecular formula is C24H28N6OS. The molecule has 1 aromatic heterocycles. The molecule has 1 aromatic carbocycles. The molecule has 1 amide bonds. The van der Waals surface area contributed by atoms with E-state index in [1.807, 2.05) is 37.3 Å². The van der Waals surface area contributed by atoms with Gasteiger partial charge in [0.25, 0.3) is 0 Å². The van der Waals surface area contributed by atoms with E-state index >= 15 is 0 Å². The summed E-state index contributed by atoms with van der Waals surface area (Å²) in [5, 5.41) is 9.72. The highest BCUT2D eigenvalue weighted by atomic mass is 32.2. The molecule has 166 valence electrons. The molecule has 2 N–H and O–H groups in total. The quantitative estimate of drug-likeness (QED) is 0.510. The van der Waals surface area contributed by atoms with E-state index in [1.165, 1.54) is 11.8 Å². The highest BCUT2D eigenvalue weighted by molar-refractivity contribution is 8.00. The molecule has 2 aromatic rings. The fourth-order valence-electron chi connectivity index (χ4n) is 4.00. The maximum atomic E-state index is 12.3. The van der Waals surface area contributed by atoms with E-state index in [-0.39, 0.29) is 0 Å². The SMILES string of the molecule is [C-]#[N+]c1c(N2CCCN(CC)CC2)nc(SC(C(N)=O)c2ccccc2)c(C#N)c1CC. The molecular weight excluding hydrogens is 420 g/mol. The number of nitriles is 1. The average molecular weight is 449 g/mol. The maximum Gasteiger partial charge on any atom is 0.235 e. The van der Waals surface area contributed by atoms with Gasteiger partial charge in [-0.3, -0.25) is 4.79 Å². The van der Waals surface area contributed by atoms with Crippen molar-refractivity contribution in [1.29, 1.82) is 5.26 Å². The van der Waals surface area contributed by atoms with Gasteiger partial charge in [-0.15, -0.1) is 0 Å². The molecule has 8 heteroatoms. The van der Waals surface area contributed by atoms with Crippen molar-refractivity contribution in [3.8, 4) is 6.07 Å². The van der Waals surface area contributed by atoms with Gasteiger partial charge in [-0.05, 0) is 37.1 Å². The number of primary amides is 1. The van der Waals surface area contributed by atoms with Gasteiger partial charge in [0.1, 0.15) is 22.2 Å². The van der Waals surface area contributed by atoms with Crippen LogP contribution in [0.2, 0.25) is 0 Å². The van der Waals surface area contributed by atoms with Gasteiger partial charge >= 0.3 is 0 Å². The average Bonchev–Trinajstić information content (AvgIpc) is 3.07. The Hall–Kier alpha value is -3.07. The van der Waals surface area contributed by atoms with E-state index in [0.29, 0.717) is 34.1 Å². The number of nitrogens with zero attached hydrogens (tertiary/aromatic N) is 5. The molecule has 0 spiro atoms. The van der Waals surface area contributed by atoms with Gasteiger partial charge in [-0.2, -0.15) is 5.26 Å². The number of nitrogens with two attached hydrogens (primary N) is 1. The van der Waals surface area contributed by atoms with Crippen LogP contribution in [0.5, 0.6) is 0 Å². The van der Waals surface area contributed by atoms with Gasteiger partial charge in [0.2, 0.25) is 11.6 Å². The number of thioether (sulfide) groups is 1. The molecule has 2 heterocycles. The topological polar surface area (TPSA) is 90.6 Å². The zero-order valence-corrected chi connectivity index (χ0v) is 19.4. The van der Waals surface area contributed by atoms with Gasteiger partial charge in [0, 0.05) is 19.6 Å². The number of pyridine rings is 1. The van der Waals surface area contributed by atoms with Crippen LogP contribution < -0.4 is 10.6 Å². The number of anilines is 1. The summed E-state index contributed by atoms with van der Waals surface area (Å²) in [5.74, 6) is 0.113. The lowest BCUT2D eigenvalue weighted by atomic mass is 10.1. The Balaban J connectivity index is 2.09. The molecule has 0 bridgehead atoms. The molecule has 0 saturated carbocycles. The monoisotopic (exact) mass is 448 g/mol. The van der Waals surface area contributed by atoms with Crippen LogP contribution in [-0.4, -0.2) is 48.5 Å². The fourth-order valence-corrected chi connectivity index (χ4v) is 5.06. The first-order chi connectivity index (χ1) is 15.5. The largest absolute Gasteiger partial charge is 0.368 e. The number of rotatable bonds is 7. The van der Waals surface area contributed by atoms with Gasteiger partial charge < -0.3 is 15.5 Å². The van der Waals surface area contributed by atoms with E-state index in [4.69, 9.17) is 17.3 Å². The zero-order valence-electron chi connectivity index (χ0n) is 18.5. The number of hydrogen-bond acceptors (Lipinski definition) is 6. The molecule has 1 aliphatic rings. The van der Waals surface area contributed by atoms with Crippen LogP contribution in [0.3, 0.4) is 0 Å². The summed E-state index contributed by atoms with van der Waals surface area (Å²) >= 11 is 1.19. The summed E-state index contributed by atoms with van der Waals surface area (Å²) in [6.07, 6.45) is 1.51. The van der Waals surface area contributed by atoms with Crippen molar-refractivity contribution in [2.24, 2.45) is 5.73 Å². The highest BCUT2D eigenvalue weighted by Gasteiger charge is 2.28. The van der Waals surface area contributed by atoms with Crippen molar-refractivity contribution < 1.29 is 4.79 Å². The fraction of sp³-hybridized carbons (Fsp3) is 0.417. The molecule has 1 atom stereocenters. The Labute approximate surface area is 194 Å². The highest BCUT2D eigenvalue weighted by Crippen LogP contribution is 2.42. The predicted molar refractivity (Wildman–Crippen MR) is 128 cm³/mol. The smallest absolute Gasteiger partial charge is 0.235 e. The lowest BCUT2D eigenvalue weighted by molar-refractivity contribution is -0.117. The third kappa shape index (κ3) is 5.04. The molecule has 7 nitrogen and oxygen atoms in total. The number of aromatic nitrogens is 1. The third-order valence-corrected chi connectivity index (χ3v) is 6.98. The first kappa shape index (κ1) is 23.6. The number of likely N-dealkylation sites (N-methyl/N-ethyl adjacent to an activating group) is 1. The van der Waals surface area contributed by atoms with Crippen LogP contribution in [0.15, 0.2) is 35.4 Å². The Bertz CT molecular complexity index is 1040. The van der Waals surface area contributed by atoms with Crippen molar-refractivity contribution in [2.75, 3.05) is 37.6 Å². The van der Waals surface area contributed by atoms with Crippen molar-refractivity contribution in [3.05, 3.63) is 58.4 Å². The molecule has 32 heavy (non-hydrogen) atoms. The van der Waals surface area contributed by atoms with Crippen molar-refractivity contribution >= 4 is 29.2 Å². The summed E-state index contributed by atoms with van der Waals surface area (Å²) in [4.78, 5) is 25.4. The number of benzene rings is 1. The molecule has 0 aliphatic carbocycles. The van der Waals surface area contributed by atoms with Crippen molar-refractivity contribution in [1.82, 2.24) is 9.88 Å². The molecule has 1 saturated heterocycles. The summed E-state index contributed by atoms with van der Waals surface area (Å²) in [6, 6.07) is 11.5. The van der Waals surface area contributed by atoms with Gasteiger partial charge in [-0.1, -0.05) is 55.9 Å². The Kier molecular flexibility index (Phi) is 8.10. The summed E-state index contributed by atoms with van der Waals surface area (Å²) in [7, 11) is 0. The summed E-state index contributed by atoms with van der Waals surface area (Å²) in [5.41, 5.74) is 7.98. The second-order valence-electron chi connectivity index (χ2n) is 7.61. The van der Waals surface area contributed by atoms with Crippen molar-refractivity contribution in [3.63, 3.8) is 0 Å². The number of amides is 1. The van der Waals surface area contributed by atoms with Crippen LogP contribution >= 0.6 is 11.8 Å². The van der Waals surface area contributed by atoms with Crippen LogP contribution in [0.4, 0.5) is 11.5 Å². The minimum absolute atomic E-state index is 0.361. The summed E-state index contributed by atoms with van der Waals surface area (Å²) in [6.45, 7) is 16.4. The predicted octanol–water partition coefficient (Wildman–Crippen LogP) is 3.92. The van der Waals surface area contributed by atoms with Crippen LogP contribution in [-0.2, 0) is 11.2 Å². The van der Waals surface area contributed by atoms with Gasteiger partial charge in [-0.25, -0.2) is 9.83 Å². The van der Waals surface area contributed by atoms with E-state index in [9.17, 15) is 10.1 Å². The Morgan fingerprint density at radius 2 is 2.03 bits per heavy atom. The zero-order chi connectivity index (χ0) is 23.1. The van der Waals surface area contributed by atoms with Crippen LogP contribution in [0.25, 0.3) is 4.85 Å². The molecule has 1 unspecified atom stereocenters. The molecule has 1 aliphatic heterocycles. The molecule has 3 rings (SSSR count). The van der Waals surface area contributed by atoms with Crippen molar-refractivity contribution in [2.45, 2.75) is 37.0 Å². The van der Waals surface area contributed by atoms with E-state index < -0.39 is 11.2 Å². The summed E-state index contributed by atoms with van der Waals surface area (Å²) < 4.78 is 0. The maximum absolute atomic E-state index is 12.3. The second-order valence-corrected chi connectivity index (χ2v) is 8.70. The van der Waals surface area contributed by atoms with Crippen LogP contribution in [0, 0.1) is 17.9 Å². The van der Waals surface area contributed by atoms with E-state index in [1.54, 1.807) is 0 Å². The lowest BCUT2D eigenvalue weighted by Crippen LogP contribution is -2.31. The van der Waals surface area contributed by atoms with Crippen LogP contribution in [0.1, 0.15) is 42.2 Å². The van der Waals surface area contributed by atoms with E-state index in [2.05, 4.69) is 27.6 Å². The second kappa shape index (κ2) is 11.0. The minimum atomic E-state index is -0.674. The number of carbonyl (C=O) groups is 1. The number of hydrogen-bond donors (Lipinski definition) is 1.